The number of ether oxygens (including phenoxy) is 1. The second-order valence-electron chi connectivity index (χ2n) is 8.18. The molecule has 6 nitrogen and oxygen atoms in total. The Labute approximate surface area is 210 Å². The van der Waals surface area contributed by atoms with E-state index in [1.807, 2.05) is 6.07 Å². The summed E-state index contributed by atoms with van der Waals surface area (Å²) in [6, 6.07) is 13.2. The fraction of sp³-hybridized carbons (Fsp3) is 0.346. The van der Waals surface area contributed by atoms with Crippen LogP contribution in [0.3, 0.4) is 0 Å². The molecule has 0 radical (unpaired) electrons. The van der Waals surface area contributed by atoms with Crippen molar-refractivity contribution in [1.82, 2.24) is 10.1 Å². The zero-order chi connectivity index (χ0) is 26.8. The van der Waals surface area contributed by atoms with E-state index in [1.165, 1.54) is 12.1 Å². The number of aromatic nitrogens is 2. The topological polar surface area (TPSA) is 68.5 Å². The molecular weight excluding hydrogens is 497 g/mol. The lowest BCUT2D eigenvalue weighted by Crippen LogP contribution is -2.31. The number of aryl methyl sites for hydroxylation is 1. The average molecular weight is 524 g/mol. The maximum Gasteiger partial charge on any atom is 0.387 e. The molecule has 11 heteroatoms. The van der Waals surface area contributed by atoms with Gasteiger partial charge < -0.3 is 14.2 Å². The largest absolute Gasteiger partial charge is 0.435 e. The number of hydrogen-bond acceptors (Lipinski definition) is 5. The molecule has 0 aliphatic carbocycles. The van der Waals surface area contributed by atoms with Gasteiger partial charge in [-0.15, -0.1) is 0 Å². The number of hydrogen-bond donors (Lipinski definition) is 0. The van der Waals surface area contributed by atoms with Crippen molar-refractivity contribution >= 4 is 11.6 Å². The molecule has 1 aromatic heterocycles. The van der Waals surface area contributed by atoms with Crippen LogP contribution in [0.2, 0.25) is 0 Å². The summed E-state index contributed by atoms with van der Waals surface area (Å²) in [4.78, 5) is 18.1. The Bertz CT molecular complexity index is 1170. The van der Waals surface area contributed by atoms with E-state index in [2.05, 4.69) is 26.0 Å². The van der Waals surface area contributed by atoms with Crippen LogP contribution in [0.15, 0.2) is 65.5 Å². The number of amides is 1. The molecule has 1 heterocycles. The first-order chi connectivity index (χ1) is 17.7. The minimum absolute atomic E-state index is 0.0319. The lowest BCUT2D eigenvalue weighted by molar-refractivity contribution is -0.118. The molecule has 198 valence electrons. The molecule has 0 aliphatic heterocycles. The molecule has 0 N–H and O–H groups in total. The Morgan fingerprint density at radius 1 is 1.00 bits per heavy atom. The van der Waals surface area contributed by atoms with Crippen LogP contribution in [0.4, 0.5) is 27.6 Å². The number of unbranched alkanes of at least 4 members (excludes halogenated alkanes) is 2. The predicted octanol–water partition coefficient (Wildman–Crippen LogP) is 7.29. The molecule has 3 rings (SSSR count). The summed E-state index contributed by atoms with van der Waals surface area (Å²) in [5, 5.41) is 3.53. The van der Waals surface area contributed by atoms with Crippen LogP contribution in [0, 0.1) is 0 Å². The van der Waals surface area contributed by atoms with Gasteiger partial charge in [-0.2, -0.15) is 22.5 Å². The SMILES string of the molecule is C=C(F)CCC(=O)N(CCCCCc1noc(C(F)F)n1)c1cccc(-c2ccc(OC(F)F)cc2)c1. The minimum Gasteiger partial charge on any atom is -0.435 e. The monoisotopic (exact) mass is 523 g/mol. The van der Waals surface area contributed by atoms with Crippen molar-refractivity contribution in [2.75, 3.05) is 11.4 Å². The zero-order valence-corrected chi connectivity index (χ0v) is 19.9. The van der Waals surface area contributed by atoms with Crippen molar-refractivity contribution < 1.29 is 36.0 Å². The van der Waals surface area contributed by atoms with E-state index >= 15 is 0 Å². The molecule has 0 saturated carbocycles. The van der Waals surface area contributed by atoms with Crippen LogP contribution in [0.5, 0.6) is 5.75 Å². The normalized spacial score (nSPS) is 11.2. The number of anilines is 1. The van der Waals surface area contributed by atoms with Gasteiger partial charge >= 0.3 is 13.0 Å². The third kappa shape index (κ3) is 8.69. The van der Waals surface area contributed by atoms with Crippen LogP contribution in [0.25, 0.3) is 11.1 Å². The third-order valence-corrected chi connectivity index (χ3v) is 5.43. The van der Waals surface area contributed by atoms with Crippen LogP contribution < -0.4 is 9.64 Å². The molecule has 2 aromatic carbocycles. The summed E-state index contributed by atoms with van der Waals surface area (Å²) >= 11 is 0. The first kappa shape index (κ1) is 27.8. The molecule has 0 atom stereocenters. The van der Waals surface area contributed by atoms with Crippen molar-refractivity contribution in [3.8, 4) is 16.9 Å². The quantitative estimate of drug-likeness (QED) is 0.164. The van der Waals surface area contributed by atoms with Gasteiger partial charge in [0.1, 0.15) is 5.75 Å². The van der Waals surface area contributed by atoms with Crippen LogP contribution >= 0.6 is 0 Å². The average Bonchev–Trinajstić information content (AvgIpc) is 3.34. The second-order valence-corrected chi connectivity index (χ2v) is 8.18. The summed E-state index contributed by atoms with van der Waals surface area (Å²) < 4.78 is 72.0. The van der Waals surface area contributed by atoms with Crippen molar-refractivity contribution in [1.29, 1.82) is 0 Å². The Kier molecular flexibility index (Phi) is 10.2. The Hall–Kier alpha value is -3.76. The van der Waals surface area contributed by atoms with E-state index in [0.29, 0.717) is 37.9 Å². The Balaban J connectivity index is 1.66. The van der Waals surface area contributed by atoms with Crippen molar-refractivity contribution in [2.24, 2.45) is 0 Å². The lowest BCUT2D eigenvalue weighted by atomic mass is 10.0. The number of benzene rings is 2. The standard InChI is InChI=1S/C26H26F5N3O3/c1-17(27)9-14-23(35)34(15-4-2-3-8-22-32-25(24(28)29)37-33-22)20-7-5-6-19(16-20)18-10-12-21(13-11-18)36-26(30)31/h5-7,10-13,16,24,26H,1-4,8-9,14-15H2. The van der Waals surface area contributed by atoms with Gasteiger partial charge in [-0.3, -0.25) is 4.79 Å². The summed E-state index contributed by atoms with van der Waals surface area (Å²) in [6.45, 7) is 0.629. The van der Waals surface area contributed by atoms with Crippen molar-refractivity contribution in [3.63, 3.8) is 0 Å². The van der Waals surface area contributed by atoms with Crippen LogP contribution in [-0.4, -0.2) is 29.2 Å². The van der Waals surface area contributed by atoms with Crippen LogP contribution in [0.1, 0.15) is 50.2 Å². The molecule has 0 unspecified atom stereocenters. The van der Waals surface area contributed by atoms with Gasteiger partial charge in [0, 0.05) is 31.5 Å². The van der Waals surface area contributed by atoms with Gasteiger partial charge in [0.25, 0.3) is 5.89 Å². The lowest BCUT2D eigenvalue weighted by Gasteiger charge is -2.24. The van der Waals surface area contributed by atoms with Gasteiger partial charge in [0.05, 0.1) is 5.83 Å². The highest BCUT2D eigenvalue weighted by atomic mass is 19.3. The highest BCUT2D eigenvalue weighted by Gasteiger charge is 2.18. The molecule has 0 saturated heterocycles. The minimum atomic E-state index is -2.92. The van der Waals surface area contributed by atoms with E-state index in [9.17, 15) is 26.7 Å². The van der Waals surface area contributed by atoms with Gasteiger partial charge in [-0.25, -0.2) is 4.39 Å². The van der Waals surface area contributed by atoms with Gasteiger partial charge in [0.2, 0.25) is 5.91 Å². The number of alkyl halides is 4. The number of halogens is 5. The summed E-state index contributed by atoms with van der Waals surface area (Å²) in [7, 11) is 0. The third-order valence-electron chi connectivity index (χ3n) is 5.43. The van der Waals surface area contributed by atoms with Gasteiger partial charge in [-0.05, 0) is 48.2 Å². The molecule has 3 aromatic rings. The number of rotatable bonds is 14. The summed E-state index contributed by atoms with van der Waals surface area (Å²) in [5.41, 5.74) is 2.08. The van der Waals surface area contributed by atoms with Gasteiger partial charge in [0.15, 0.2) is 5.82 Å². The summed E-state index contributed by atoms with van der Waals surface area (Å²) in [5.74, 6) is -1.35. The van der Waals surface area contributed by atoms with Crippen LogP contribution in [-0.2, 0) is 11.2 Å². The molecule has 0 aliphatic rings. The second kappa shape index (κ2) is 13.5. The predicted molar refractivity (Wildman–Crippen MR) is 127 cm³/mol. The van der Waals surface area contributed by atoms with E-state index in [-0.39, 0.29) is 30.3 Å². The smallest absolute Gasteiger partial charge is 0.387 e. The molecule has 0 spiro atoms. The number of allylic oxidation sites excluding steroid dienone is 1. The maximum atomic E-state index is 13.2. The first-order valence-electron chi connectivity index (χ1n) is 11.6. The number of carbonyl (C=O) groups is 1. The number of carbonyl (C=O) groups excluding carboxylic acids is 1. The van der Waals surface area contributed by atoms with E-state index in [4.69, 9.17) is 0 Å². The molecule has 37 heavy (non-hydrogen) atoms. The van der Waals surface area contributed by atoms with E-state index < -0.39 is 24.8 Å². The van der Waals surface area contributed by atoms with Crippen molar-refractivity contribution in [2.45, 2.75) is 51.6 Å². The molecule has 0 bridgehead atoms. The fourth-order valence-electron chi connectivity index (χ4n) is 3.64. The fourth-order valence-corrected chi connectivity index (χ4v) is 3.64. The molecule has 1 amide bonds. The zero-order valence-electron chi connectivity index (χ0n) is 19.9. The molecular formula is C26H26F5N3O3. The van der Waals surface area contributed by atoms with Crippen molar-refractivity contribution in [3.05, 3.63) is 72.7 Å². The van der Waals surface area contributed by atoms with Gasteiger partial charge in [-0.1, -0.05) is 42.4 Å². The maximum absolute atomic E-state index is 13.2. The highest BCUT2D eigenvalue weighted by Crippen LogP contribution is 2.28. The highest BCUT2D eigenvalue weighted by molar-refractivity contribution is 5.94. The summed E-state index contributed by atoms with van der Waals surface area (Å²) in [6.07, 6.45) is -0.773. The number of nitrogens with zero attached hydrogens (tertiary/aromatic N) is 3. The Morgan fingerprint density at radius 3 is 2.41 bits per heavy atom. The molecule has 0 fully saturated rings. The van der Waals surface area contributed by atoms with E-state index in [1.54, 1.807) is 35.2 Å². The first-order valence-corrected chi connectivity index (χ1v) is 11.6. The van der Waals surface area contributed by atoms with E-state index in [0.717, 1.165) is 11.1 Å². The Morgan fingerprint density at radius 2 is 1.76 bits per heavy atom.